The fraction of sp³-hybridized carbons (Fsp3) is 0.320. The van der Waals surface area contributed by atoms with Gasteiger partial charge in [0, 0.05) is 20.6 Å². The Morgan fingerprint density at radius 1 is 1.26 bits per heavy atom. The number of hydrogen-bond acceptors (Lipinski definition) is 9. The highest BCUT2D eigenvalue weighted by atomic mass is 35.5. The van der Waals surface area contributed by atoms with E-state index in [2.05, 4.69) is 22.1 Å². The van der Waals surface area contributed by atoms with Gasteiger partial charge in [0.05, 0.1) is 28.3 Å². The molecular formula is C25H28ClN5O5S2. The molecule has 13 heteroatoms. The third-order valence-electron chi connectivity index (χ3n) is 5.27. The highest BCUT2D eigenvalue weighted by molar-refractivity contribution is 7.99. The number of allylic oxidation sites excluding steroid dienone is 1. The molecule has 0 atom stereocenters. The van der Waals surface area contributed by atoms with Gasteiger partial charge < -0.3 is 19.7 Å². The lowest BCUT2D eigenvalue weighted by Gasteiger charge is -2.11. The minimum absolute atomic E-state index is 0.0195. The predicted molar refractivity (Wildman–Crippen MR) is 149 cm³/mol. The van der Waals surface area contributed by atoms with E-state index in [-0.39, 0.29) is 34.7 Å². The molecule has 0 unspecified atom stereocenters. The number of thioether (sulfide) groups is 1. The number of carbonyl (C=O) groups excluding carboxylic acids is 3. The summed E-state index contributed by atoms with van der Waals surface area (Å²) in [5.74, 6) is -0.237. The molecule has 202 valence electrons. The average Bonchev–Trinajstić information content (AvgIpc) is 3.42. The van der Waals surface area contributed by atoms with E-state index in [9.17, 15) is 14.4 Å². The van der Waals surface area contributed by atoms with E-state index < -0.39 is 5.97 Å². The summed E-state index contributed by atoms with van der Waals surface area (Å²) in [5.41, 5.74) is 1.62. The first-order valence-corrected chi connectivity index (χ1v) is 13.5. The molecule has 0 aliphatic rings. The van der Waals surface area contributed by atoms with Gasteiger partial charge in [-0.1, -0.05) is 35.5 Å². The number of nitrogens with one attached hydrogen (secondary N) is 1. The Hall–Kier alpha value is -3.35. The second-order valence-corrected chi connectivity index (χ2v) is 10.7. The van der Waals surface area contributed by atoms with Crippen LogP contribution in [-0.4, -0.2) is 64.4 Å². The molecule has 0 aliphatic heterocycles. The second kappa shape index (κ2) is 12.9. The number of ether oxygens (including phenoxy) is 2. The molecule has 0 radical (unpaired) electrons. The summed E-state index contributed by atoms with van der Waals surface area (Å²) < 4.78 is 12.5. The van der Waals surface area contributed by atoms with Gasteiger partial charge in [-0.15, -0.1) is 28.1 Å². The van der Waals surface area contributed by atoms with E-state index in [0.29, 0.717) is 38.7 Å². The van der Waals surface area contributed by atoms with Crippen LogP contribution in [0.25, 0.3) is 0 Å². The van der Waals surface area contributed by atoms with Crippen LogP contribution in [0.4, 0.5) is 5.00 Å². The first-order chi connectivity index (χ1) is 18.1. The summed E-state index contributed by atoms with van der Waals surface area (Å²) in [4.78, 5) is 39.5. The normalized spacial score (nSPS) is 10.7. The number of benzene rings is 1. The lowest BCUT2D eigenvalue weighted by molar-refractivity contribution is -0.113. The topological polar surface area (TPSA) is 116 Å². The molecular weight excluding hydrogens is 550 g/mol. The fourth-order valence-corrected chi connectivity index (χ4v) is 5.53. The SMILES string of the molecule is C=CCn1c(COc2cc(C)ccc2Cl)nnc1SCC(=O)Nc1sc(C(=O)N(C)C)c(C)c1C(=O)OC. The van der Waals surface area contributed by atoms with Crippen molar-refractivity contribution in [1.29, 1.82) is 0 Å². The maximum Gasteiger partial charge on any atom is 0.341 e. The molecule has 0 bridgehead atoms. The molecule has 0 saturated carbocycles. The van der Waals surface area contributed by atoms with E-state index in [1.165, 1.54) is 23.8 Å². The smallest absolute Gasteiger partial charge is 0.341 e. The van der Waals surface area contributed by atoms with Gasteiger partial charge in [0.25, 0.3) is 5.91 Å². The van der Waals surface area contributed by atoms with Gasteiger partial charge in [0.1, 0.15) is 17.4 Å². The van der Waals surface area contributed by atoms with Crippen molar-refractivity contribution < 1.29 is 23.9 Å². The van der Waals surface area contributed by atoms with Crippen LogP contribution in [0.3, 0.4) is 0 Å². The molecule has 3 aromatic rings. The van der Waals surface area contributed by atoms with Crippen molar-refractivity contribution in [2.45, 2.75) is 32.2 Å². The van der Waals surface area contributed by atoms with Gasteiger partial charge >= 0.3 is 5.97 Å². The van der Waals surface area contributed by atoms with Crippen LogP contribution in [0.15, 0.2) is 36.0 Å². The third-order valence-corrected chi connectivity index (χ3v) is 7.74. The van der Waals surface area contributed by atoms with Gasteiger partial charge in [-0.25, -0.2) is 4.79 Å². The summed E-state index contributed by atoms with van der Waals surface area (Å²) in [7, 11) is 4.47. The van der Waals surface area contributed by atoms with E-state index in [1.807, 2.05) is 19.1 Å². The number of rotatable bonds is 11. The lowest BCUT2D eigenvalue weighted by Crippen LogP contribution is -2.21. The zero-order valence-electron chi connectivity index (χ0n) is 21.7. The molecule has 2 aromatic heterocycles. The number of hydrogen-bond donors (Lipinski definition) is 1. The van der Waals surface area contributed by atoms with E-state index >= 15 is 0 Å². The van der Waals surface area contributed by atoms with Crippen molar-refractivity contribution in [2.24, 2.45) is 0 Å². The van der Waals surface area contributed by atoms with Gasteiger partial charge in [-0.05, 0) is 37.1 Å². The lowest BCUT2D eigenvalue weighted by atomic mass is 10.1. The fourth-order valence-electron chi connectivity index (χ4n) is 3.36. The molecule has 2 amide bonds. The number of anilines is 1. The van der Waals surface area contributed by atoms with E-state index in [0.717, 1.165) is 16.9 Å². The molecule has 1 aromatic carbocycles. The third kappa shape index (κ3) is 6.74. The van der Waals surface area contributed by atoms with Crippen molar-refractivity contribution in [2.75, 3.05) is 32.3 Å². The number of aryl methyl sites for hydroxylation is 1. The Morgan fingerprint density at radius 3 is 2.66 bits per heavy atom. The summed E-state index contributed by atoms with van der Waals surface area (Å²) in [6, 6.07) is 5.49. The predicted octanol–water partition coefficient (Wildman–Crippen LogP) is 4.59. The van der Waals surface area contributed by atoms with Crippen LogP contribution < -0.4 is 10.1 Å². The number of amides is 2. The molecule has 0 saturated heterocycles. The van der Waals surface area contributed by atoms with Crippen molar-refractivity contribution in [3.05, 3.63) is 63.3 Å². The molecule has 10 nitrogen and oxygen atoms in total. The molecule has 38 heavy (non-hydrogen) atoms. The average molecular weight is 578 g/mol. The van der Waals surface area contributed by atoms with Crippen molar-refractivity contribution >= 4 is 57.5 Å². The Labute approximate surface area is 234 Å². The summed E-state index contributed by atoms with van der Waals surface area (Å²) >= 11 is 8.42. The molecule has 0 fully saturated rings. The number of thiophene rings is 1. The van der Waals surface area contributed by atoms with E-state index in [4.69, 9.17) is 21.1 Å². The largest absolute Gasteiger partial charge is 0.484 e. The first-order valence-electron chi connectivity index (χ1n) is 11.3. The van der Waals surface area contributed by atoms with Gasteiger partial charge in [0.2, 0.25) is 5.91 Å². The quantitative estimate of drug-likeness (QED) is 0.200. The molecule has 3 rings (SSSR count). The summed E-state index contributed by atoms with van der Waals surface area (Å²) in [6.07, 6.45) is 1.69. The number of methoxy groups -OCH3 is 1. The monoisotopic (exact) mass is 577 g/mol. The highest BCUT2D eigenvalue weighted by Crippen LogP contribution is 2.34. The number of esters is 1. The number of halogens is 1. The minimum Gasteiger partial charge on any atom is -0.484 e. The van der Waals surface area contributed by atoms with Crippen molar-refractivity contribution in [3.63, 3.8) is 0 Å². The zero-order valence-corrected chi connectivity index (χ0v) is 24.1. The molecule has 1 N–H and O–H groups in total. The Kier molecular flexibility index (Phi) is 9.95. The Balaban J connectivity index is 1.73. The minimum atomic E-state index is -0.636. The van der Waals surface area contributed by atoms with Crippen LogP contribution in [0.2, 0.25) is 5.02 Å². The Bertz CT molecular complexity index is 1370. The second-order valence-electron chi connectivity index (χ2n) is 8.31. The van der Waals surface area contributed by atoms with Crippen LogP contribution in [0, 0.1) is 13.8 Å². The van der Waals surface area contributed by atoms with Crippen molar-refractivity contribution in [1.82, 2.24) is 19.7 Å². The van der Waals surface area contributed by atoms with Crippen molar-refractivity contribution in [3.8, 4) is 5.75 Å². The van der Waals surface area contributed by atoms with Crippen LogP contribution in [-0.2, 0) is 22.7 Å². The van der Waals surface area contributed by atoms with Gasteiger partial charge in [-0.3, -0.25) is 14.2 Å². The first kappa shape index (κ1) is 29.2. The number of nitrogens with zero attached hydrogens (tertiary/aromatic N) is 4. The molecule has 2 heterocycles. The summed E-state index contributed by atoms with van der Waals surface area (Å²) in [6.45, 7) is 7.90. The highest BCUT2D eigenvalue weighted by Gasteiger charge is 2.27. The standard InChI is InChI=1S/C25H28ClN5O5S2/c1-7-10-31-18(12-36-17-11-14(2)8-9-16(17)26)28-29-25(31)37-13-19(32)27-22-20(24(34)35-6)15(3)21(38-22)23(33)30(4)5/h7-9,11H,1,10,12-13H2,2-6H3,(H,27,32). The zero-order chi connectivity index (χ0) is 28.0. The maximum absolute atomic E-state index is 12.8. The number of carbonyl (C=O) groups is 3. The van der Waals surface area contributed by atoms with Crippen LogP contribution >= 0.6 is 34.7 Å². The van der Waals surface area contributed by atoms with Gasteiger partial charge in [-0.2, -0.15) is 0 Å². The Morgan fingerprint density at radius 2 is 2.00 bits per heavy atom. The molecule has 0 spiro atoms. The van der Waals surface area contributed by atoms with Gasteiger partial charge in [0.15, 0.2) is 11.0 Å². The van der Waals surface area contributed by atoms with Crippen LogP contribution in [0.5, 0.6) is 5.75 Å². The number of aromatic nitrogens is 3. The summed E-state index contributed by atoms with van der Waals surface area (Å²) in [5, 5.41) is 12.4. The van der Waals surface area contributed by atoms with Crippen LogP contribution in [0.1, 0.15) is 37.0 Å². The van der Waals surface area contributed by atoms with E-state index in [1.54, 1.807) is 37.7 Å². The maximum atomic E-state index is 12.8. The molecule has 0 aliphatic carbocycles.